The van der Waals surface area contributed by atoms with Crippen LogP contribution in [0.2, 0.25) is 0 Å². The highest BCUT2D eigenvalue weighted by atomic mass is 16.5. The molecule has 0 bridgehead atoms. The number of primary amides is 1. The lowest BCUT2D eigenvalue weighted by Gasteiger charge is -2.22. The fourth-order valence-corrected chi connectivity index (χ4v) is 1.94. The zero-order valence-corrected chi connectivity index (χ0v) is 12.1. The molecule has 20 heavy (non-hydrogen) atoms. The van der Waals surface area contributed by atoms with E-state index in [0.29, 0.717) is 24.4 Å². The van der Waals surface area contributed by atoms with Crippen molar-refractivity contribution in [3.63, 3.8) is 0 Å². The average Bonchev–Trinajstić information content (AvgIpc) is 2.44. The van der Waals surface area contributed by atoms with Crippen molar-refractivity contribution < 1.29 is 14.3 Å². The van der Waals surface area contributed by atoms with Crippen molar-refractivity contribution in [2.24, 2.45) is 5.73 Å². The molecule has 0 aliphatic heterocycles. The first-order chi connectivity index (χ1) is 9.60. The fraction of sp³-hybridized carbons (Fsp3) is 0.467. The molecule has 0 atom stereocenters. The first kappa shape index (κ1) is 16.0. The molecule has 0 spiro atoms. The van der Waals surface area contributed by atoms with Gasteiger partial charge in [0.1, 0.15) is 5.75 Å². The SMILES string of the molecule is CCCN(CCC)C(=O)c1ccccc1OCC(N)=O. The van der Waals surface area contributed by atoms with Crippen molar-refractivity contribution in [3.8, 4) is 5.75 Å². The van der Waals surface area contributed by atoms with Crippen LogP contribution in [0.5, 0.6) is 5.75 Å². The van der Waals surface area contributed by atoms with Crippen molar-refractivity contribution in [2.45, 2.75) is 26.7 Å². The van der Waals surface area contributed by atoms with Gasteiger partial charge in [-0.25, -0.2) is 0 Å². The lowest BCUT2D eigenvalue weighted by Crippen LogP contribution is -2.33. The summed E-state index contributed by atoms with van der Waals surface area (Å²) in [7, 11) is 0. The molecular weight excluding hydrogens is 256 g/mol. The van der Waals surface area contributed by atoms with Gasteiger partial charge in [0.25, 0.3) is 11.8 Å². The molecule has 0 saturated heterocycles. The van der Waals surface area contributed by atoms with Crippen LogP contribution in [0.1, 0.15) is 37.0 Å². The van der Waals surface area contributed by atoms with Crippen LogP contribution in [-0.4, -0.2) is 36.4 Å². The topological polar surface area (TPSA) is 72.6 Å². The van der Waals surface area contributed by atoms with E-state index in [4.69, 9.17) is 10.5 Å². The summed E-state index contributed by atoms with van der Waals surface area (Å²) in [6, 6.07) is 6.92. The van der Waals surface area contributed by atoms with Crippen LogP contribution >= 0.6 is 0 Å². The number of benzene rings is 1. The van der Waals surface area contributed by atoms with Gasteiger partial charge in [0.05, 0.1) is 5.56 Å². The number of rotatable bonds is 8. The van der Waals surface area contributed by atoms with Crippen molar-refractivity contribution in [3.05, 3.63) is 29.8 Å². The highest BCUT2D eigenvalue weighted by molar-refractivity contribution is 5.97. The molecule has 5 nitrogen and oxygen atoms in total. The molecular formula is C15H22N2O3. The van der Waals surface area contributed by atoms with Gasteiger partial charge >= 0.3 is 0 Å². The Labute approximate surface area is 119 Å². The number of ether oxygens (including phenoxy) is 1. The van der Waals surface area contributed by atoms with Crippen LogP contribution in [0.15, 0.2) is 24.3 Å². The maximum Gasteiger partial charge on any atom is 0.257 e. The van der Waals surface area contributed by atoms with Gasteiger partial charge in [-0.3, -0.25) is 9.59 Å². The smallest absolute Gasteiger partial charge is 0.257 e. The lowest BCUT2D eigenvalue weighted by molar-refractivity contribution is -0.119. The monoisotopic (exact) mass is 278 g/mol. The largest absolute Gasteiger partial charge is 0.483 e. The van der Waals surface area contributed by atoms with Crippen LogP contribution in [0.4, 0.5) is 0 Å². The zero-order valence-electron chi connectivity index (χ0n) is 12.1. The molecule has 0 heterocycles. The minimum Gasteiger partial charge on any atom is -0.483 e. The third-order valence-electron chi connectivity index (χ3n) is 2.76. The maximum atomic E-state index is 12.5. The summed E-state index contributed by atoms with van der Waals surface area (Å²) in [5.41, 5.74) is 5.53. The Morgan fingerprint density at radius 3 is 2.30 bits per heavy atom. The second kappa shape index (κ2) is 8.19. The highest BCUT2D eigenvalue weighted by Crippen LogP contribution is 2.20. The van der Waals surface area contributed by atoms with Crippen LogP contribution < -0.4 is 10.5 Å². The van der Waals surface area contributed by atoms with Gasteiger partial charge in [-0.1, -0.05) is 26.0 Å². The number of carbonyl (C=O) groups excluding carboxylic acids is 2. The van der Waals surface area contributed by atoms with E-state index in [0.717, 1.165) is 12.8 Å². The van der Waals surface area contributed by atoms with E-state index in [1.54, 1.807) is 29.2 Å². The minimum absolute atomic E-state index is 0.0752. The second-order valence-corrected chi connectivity index (χ2v) is 4.54. The van der Waals surface area contributed by atoms with E-state index >= 15 is 0 Å². The Balaban J connectivity index is 2.92. The Kier molecular flexibility index (Phi) is 6.56. The zero-order chi connectivity index (χ0) is 15.0. The molecule has 110 valence electrons. The molecule has 0 fully saturated rings. The van der Waals surface area contributed by atoms with E-state index < -0.39 is 5.91 Å². The summed E-state index contributed by atoms with van der Waals surface area (Å²) in [6.45, 7) is 5.25. The Bertz CT molecular complexity index is 454. The third-order valence-corrected chi connectivity index (χ3v) is 2.76. The highest BCUT2D eigenvalue weighted by Gasteiger charge is 2.18. The van der Waals surface area contributed by atoms with Crippen molar-refractivity contribution >= 4 is 11.8 Å². The van der Waals surface area contributed by atoms with E-state index in [1.807, 2.05) is 13.8 Å². The number of nitrogens with zero attached hydrogens (tertiary/aromatic N) is 1. The standard InChI is InChI=1S/C15H22N2O3/c1-3-9-17(10-4-2)15(19)12-7-5-6-8-13(12)20-11-14(16)18/h5-8H,3-4,9-11H2,1-2H3,(H2,16,18). The van der Waals surface area contributed by atoms with Gasteiger partial charge in [0, 0.05) is 13.1 Å². The van der Waals surface area contributed by atoms with Crippen LogP contribution in [0.3, 0.4) is 0 Å². The third kappa shape index (κ3) is 4.57. The molecule has 0 aromatic heterocycles. The number of para-hydroxylation sites is 1. The van der Waals surface area contributed by atoms with E-state index in [-0.39, 0.29) is 12.5 Å². The van der Waals surface area contributed by atoms with Gasteiger partial charge < -0.3 is 15.4 Å². The molecule has 2 amide bonds. The van der Waals surface area contributed by atoms with Crippen LogP contribution in [0.25, 0.3) is 0 Å². The predicted molar refractivity (Wildman–Crippen MR) is 77.6 cm³/mol. The fourth-order valence-electron chi connectivity index (χ4n) is 1.94. The van der Waals surface area contributed by atoms with Gasteiger partial charge in [-0.2, -0.15) is 0 Å². The van der Waals surface area contributed by atoms with Gasteiger partial charge in [0.2, 0.25) is 0 Å². The molecule has 1 rings (SSSR count). The first-order valence-electron chi connectivity index (χ1n) is 6.89. The summed E-state index contributed by atoms with van der Waals surface area (Å²) in [5, 5.41) is 0. The maximum absolute atomic E-state index is 12.5. The quantitative estimate of drug-likeness (QED) is 0.788. The Morgan fingerprint density at radius 1 is 1.15 bits per heavy atom. The van der Waals surface area contributed by atoms with E-state index in [9.17, 15) is 9.59 Å². The number of hydrogen-bond acceptors (Lipinski definition) is 3. The summed E-state index contributed by atoms with van der Waals surface area (Å²) in [5.74, 6) is -0.242. The summed E-state index contributed by atoms with van der Waals surface area (Å²) < 4.78 is 5.30. The summed E-state index contributed by atoms with van der Waals surface area (Å²) in [6.07, 6.45) is 1.80. The molecule has 0 saturated carbocycles. The molecule has 0 radical (unpaired) electrons. The number of hydrogen-bond donors (Lipinski definition) is 1. The molecule has 0 aliphatic rings. The molecule has 0 aliphatic carbocycles. The summed E-state index contributed by atoms with van der Waals surface area (Å²) >= 11 is 0. The Morgan fingerprint density at radius 2 is 1.75 bits per heavy atom. The normalized spacial score (nSPS) is 10.1. The minimum atomic E-state index is -0.564. The van der Waals surface area contributed by atoms with Crippen LogP contribution in [-0.2, 0) is 4.79 Å². The van der Waals surface area contributed by atoms with Gasteiger partial charge in [-0.15, -0.1) is 0 Å². The van der Waals surface area contributed by atoms with Crippen molar-refractivity contribution in [1.29, 1.82) is 0 Å². The first-order valence-corrected chi connectivity index (χ1v) is 6.89. The Hall–Kier alpha value is -2.04. The number of carbonyl (C=O) groups is 2. The lowest BCUT2D eigenvalue weighted by atomic mass is 10.1. The molecule has 1 aromatic carbocycles. The predicted octanol–water partition coefficient (Wildman–Crippen LogP) is 1.81. The van der Waals surface area contributed by atoms with E-state index in [1.165, 1.54) is 0 Å². The van der Waals surface area contributed by atoms with Crippen molar-refractivity contribution in [2.75, 3.05) is 19.7 Å². The average molecular weight is 278 g/mol. The molecule has 0 unspecified atom stereocenters. The number of amides is 2. The number of nitrogens with two attached hydrogens (primary N) is 1. The van der Waals surface area contributed by atoms with Gasteiger partial charge in [0.15, 0.2) is 6.61 Å². The molecule has 1 aromatic rings. The van der Waals surface area contributed by atoms with Crippen LogP contribution in [0, 0.1) is 0 Å². The second-order valence-electron chi connectivity index (χ2n) is 4.54. The van der Waals surface area contributed by atoms with Crippen molar-refractivity contribution in [1.82, 2.24) is 4.90 Å². The summed E-state index contributed by atoms with van der Waals surface area (Å²) in [4.78, 5) is 25.1. The van der Waals surface area contributed by atoms with E-state index in [2.05, 4.69) is 0 Å². The van der Waals surface area contributed by atoms with Gasteiger partial charge in [-0.05, 0) is 25.0 Å². The molecule has 5 heteroatoms. The molecule has 2 N–H and O–H groups in total.